The first-order valence-electron chi connectivity index (χ1n) is 4.03. The molecule has 1 aromatic rings. The summed E-state index contributed by atoms with van der Waals surface area (Å²) in [7, 11) is 0. The zero-order valence-corrected chi connectivity index (χ0v) is 6.71. The Kier molecular flexibility index (Phi) is 1.56. The van der Waals surface area contributed by atoms with E-state index in [0.29, 0.717) is 0 Å². The summed E-state index contributed by atoms with van der Waals surface area (Å²) in [6.45, 7) is 3.83. The van der Waals surface area contributed by atoms with Gasteiger partial charge in [-0.3, -0.25) is 0 Å². The van der Waals surface area contributed by atoms with Crippen molar-refractivity contribution >= 4 is 0 Å². The molecule has 60 valence electrons. The third kappa shape index (κ3) is 1.23. The van der Waals surface area contributed by atoms with E-state index in [4.69, 9.17) is 4.74 Å². The van der Waals surface area contributed by atoms with Crippen LogP contribution in [0.3, 0.4) is 0 Å². The van der Waals surface area contributed by atoms with Gasteiger partial charge in [-0.15, -0.1) is 0 Å². The average Bonchev–Trinajstić information content (AvgIpc) is 2.17. The number of ether oxygens (including phenoxy) is 1. The van der Waals surface area contributed by atoms with E-state index in [1.807, 2.05) is 17.7 Å². The molecule has 1 aliphatic heterocycles. The van der Waals surface area contributed by atoms with Crippen LogP contribution in [0.5, 0.6) is 5.88 Å². The van der Waals surface area contributed by atoms with Gasteiger partial charge in [-0.25, -0.2) is 4.68 Å². The summed E-state index contributed by atoms with van der Waals surface area (Å²) in [6, 6.07) is 1.99. The zero-order chi connectivity index (χ0) is 7.68. The van der Waals surface area contributed by atoms with E-state index in [1.54, 1.807) is 0 Å². The fourth-order valence-corrected chi connectivity index (χ4v) is 1.34. The van der Waals surface area contributed by atoms with Gasteiger partial charge < -0.3 is 4.74 Å². The lowest BCUT2D eigenvalue weighted by Crippen LogP contribution is -1.99. The SMILES string of the molecule is Cc1cc2n(n1)CCCCO2. The fraction of sp³-hybridized carbons (Fsp3) is 0.625. The Morgan fingerprint density at radius 3 is 3.36 bits per heavy atom. The minimum Gasteiger partial charge on any atom is -0.478 e. The Bertz CT molecular complexity index is 231. The molecule has 0 unspecified atom stereocenters. The quantitative estimate of drug-likeness (QED) is 0.561. The highest BCUT2D eigenvalue weighted by atomic mass is 16.5. The lowest BCUT2D eigenvalue weighted by atomic mass is 10.3. The van der Waals surface area contributed by atoms with Crippen LogP contribution in [0.4, 0.5) is 0 Å². The molecule has 0 aromatic carbocycles. The Balaban J connectivity index is 2.32. The van der Waals surface area contributed by atoms with Gasteiger partial charge in [-0.05, 0) is 19.8 Å². The van der Waals surface area contributed by atoms with Gasteiger partial charge in [-0.1, -0.05) is 0 Å². The number of aryl methyl sites for hydroxylation is 2. The second-order valence-corrected chi connectivity index (χ2v) is 2.90. The van der Waals surface area contributed by atoms with Gasteiger partial charge in [-0.2, -0.15) is 5.10 Å². The van der Waals surface area contributed by atoms with E-state index < -0.39 is 0 Å². The minimum atomic E-state index is 0.838. The van der Waals surface area contributed by atoms with Crippen LogP contribution in [-0.2, 0) is 6.54 Å². The first kappa shape index (κ1) is 6.70. The number of hydrogen-bond acceptors (Lipinski definition) is 2. The minimum absolute atomic E-state index is 0.838. The van der Waals surface area contributed by atoms with Crippen molar-refractivity contribution < 1.29 is 4.74 Å². The summed E-state index contributed by atoms with van der Waals surface area (Å²) in [5, 5.41) is 4.30. The van der Waals surface area contributed by atoms with Gasteiger partial charge >= 0.3 is 0 Å². The fourth-order valence-electron chi connectivity index (χ4n) is 1.34. The molecule has 11 heavy (non-hydrogen) atoms. The molecular weight excluding hydrogens is 140 g/mol. The van der Waals surface area contributed by atoms with E-state index in [0.717, 1.165) is 31.1 Å². The van der Waals surface area contributed by atoms with Gasteiger partial charge in [0.1, 0.15) is 0 Å². The molecule has 1 aliphatic rings. The highest BCUT2D eigenvalue weighted by Gasteiger charge is 2.09. The Hall–Kier alpha value is -0.990. The van der Waals surface area contributed by atoms with Crippen molar-refractivity contribution in [3.63, 3.8) is 0 Å². The number of aromatic nitrogens is 2. The monoisotopic (exact) mass is 152 g/mol. The molecule has 0 atom stereocenters. The number of fused-ring (bicyclic) bond motifs is 1. The maximum absolute atomic E-state index is 5.47. The molecule has 2 heterocycles. The normalized spacial score (nSPS) is 16.8. The summed E-state index contributed by atoms with van der Waals surface area (Å²) >= 11 is 0. The molecule has 2 rings (SSSR count). The molecule has 0 amide bonds. The predicted octanol–water partition coefficient (Wildman–Crippen LogP) is 1.36. The van der Waals surface area contributed by atoms with Gasteiger partial charge in [0.15, 0.2) is 0 Å². The van der Waals surface area contributed by atoms with Crippen molar-refractivity contribution in [1.29, 1.82) is 0 Å². The first-order chi connectivity index (χ1) is 5.36. The van der Waals surface area contributed by atoms with Crippen molar-refractivity contribution in [2.75, 3.05) is 6.61 Å². The molecule has 0 bridgehead atoms. The van der Waals surface area contributed by atoms with Crippen LogP contribution in [0.1, 0.15) is 18.5 Å². The Morgan fingerprint density at radius 2 is 2.45 bits per heavy atom. The molecular formula is C8H12N2O. The van der Waals surface area contributed by atoms with Crippen LogP contribution in [0.25, 0.3) is 0 Å². The van der Waals surface area contributed by atoms with Crippen molar-refractivity contribution in [2.24, 2.45) is 0 Å². The summed E-state index contributed by atoms with van der Waals surface area (Å²) in [4.78, 5) is 0. The molecule has 3 nitrogen and oxygen atoms in total. The maximum Gasteiger partial charge on any atom is 0.211 e. The lowest BCUT2D eigenvalue weighted by molar-refractivity contribution is 0.303. The topological polar surface area (TPSA) is 27.1 Å². The summed E-state index contributed by atoms with van der Waals surface area (Å²) in [5.41, 5.74) is 1.04. The number of rotatable bonds is 0. The lowest BCUT2D eigenvalue weighted by Gasteiger charge is -2.00. The van der Waals surface area contributed by atoms with Crippen LogP contribution >= 0.6 is 0 Å². The van der Waals surface area contributed by atoms with Crippen molar-refractivity contribution in [3.05, 3.63) is 11.8 Å². The molecule has 0 N–H and O–H groups in total. The van der Waals surface area contributed by atoms with Crippen LogP contribution in [0.2, 0.25) is 0 Å². The summed E-state index contributed by atoms with van der Waals surface area (Å²) in [6.07, 6.45) is 2.32. The van der Waals surface area contributed by atoms with Crippen LogP contribution in [0, 0.1) is 6.92 Å². The molecule has 0 fully saturated rings. The largest absolute Gasteiger partial charge is 0.478 e. The molecule has 0 saturated carbocycles. The Labute approximate surface area is 66.0 Å². The van der Waals surface area contributed by atoms with E-state index in [-0.39, 0.29) is 0 Å². The number of nitrogens with zero attached hydrogens (tertiary/aromatic N) is 2. The molecule has 0 radical (unpaired) electrons. The van der Waals surface area contributed by atoms with Gasteiger partial charge in [0, 0.05) is 12.6 Å². The third-order valence-corrected chi connectivity index (χ3v) is 1.88. The van der Waals surface area contributed by atoms with Crippen molar-refractivity contribution in [1.82, 2.24) is 9.78 Å². The summed E-state index contributed by atoms with van der Waals surface area (Å²) in [5.74, 6) is 0.931. The van der Waals surface area contributed by atoms with E-state index in [1.165, 1.54) is 6.42 Å². The average molecular weight is 152 g/mol. The molecule has 3 heteroatoms. The molecule has 0 spiro atoms. The van der Waals surface area contributed by atoms with Crippen molar-refractivity contribution in [2.45, 2.75) is 26.3 Å². The van der Waals surface area contributed by atoms with E-state index in [9.17, 15) is 0 Å². The standard InChI is InChI=1S/C8H12N2O/c1-7-6-8-10(9-7)4-2-3-5-11-8/h6H,2-5H2,1H3. The van der Waals surface area contributed by atoms with E-state index >= 15 is 0 Å². The van der Waals surface area contributed by atoms with Gasteiger partial charge in [0.25, 0.3) is 0 Å². The third-order valence-electron chi connectivity index (χ3n) is 1.88. The van der Waals surface area contributed by atoms with Gasteiger partial charge in [0.2, 0.25) is 5.88 Å². The predicted molar refractivity (Wildman–Crippen MR) is 41.7 cm³/mol. The second-order valence-electron chi connectivity index (χ2n) is 2.90. The molecule has 0 aliphatic carbocycles. The van der Waals surface area contributed by atoms with Crippen LogP contribution < -0.4 is 4.74 Å². The Morgan fingerprint density at radius 1 is 1.55 bits per heavy atom. The zero-order valence-electron chi connectivity index (χ0n) is 6.71. The summed E-state index contributed by atoms with van der Waals surface area (Å²) < 4.78 is 7.42. The second kappa shape index (κ2) is 2.57. The van der Waals surface area contributed by atoms with Gasteiger partial charge in [0.05, 0.1) is 12.3 Å². The first-order valence-corrected chi connectivity index (χ1v) is 4.03. The van der Waals surface area contributed by atoms with Crippen molar-refractivity contribution in [3.8, 4) is 5.88 Å². The van der Waals surface area contributed by atoms with Crippen LogP contribution in [0.15, 0.2) is 6.07 Å². The highest BCUT2D eigenvalue weighted by molar-refractivity contribution is 5.15. The molecule has 0 saturated heterocycles. The maximum atomic E-state index is 5.47. The molecule has 1 aromatic heterocycles. The smallest absolute Gasteiger partial charge is 0.211 e. The highest BCUT2D eigenvalue weighted by Crippen LogP contribution is 2.17. The van der Waals surface area contributed by atoms with Crippen LogP contribution in [-0.4, -0.2) is 16.4 Å². The number of hydrogen-bond donors (Lipinski definition) is 0. The van der Waals surface area contributed by atoms with E-state index in [2.05, 4.69) is 5.10 Å².